The zero-order valence-corrected chi connectivity index (χ0v) is 9.16. The number of sulfone groups is 1. The third-order valence-electron chi connectivity index (χ3n) is 2.18. The molecule has 1 N–H and O–H groups in total. The molecule has 17 heavy (non-hydrogen) atoms. The zero-order valence-electron chi connectivity index (χ0n) is 8.35. The van der Waals surface area contributed by atoms with Crippen molar-refractivity contribution in [3.05, 3.63) is 31.0 Å². The Hall–Kier alpha value is -2.29. The first-order valence-corrected chi connectivity index (χ1v) is 6.07. The summed E-state index contributed by atoms with van der Waals surface area (Å²) in [4.78, 5) is 7.60. The van der Waals surface area contributed by atoms with Gasteiger partial charge in [0, 0.05) is 12.4 Å². The van der Waals surface area contributed by atoms with E-state index in [1.54, 1.807) is 12.3 Å². The van der Waals surface area contributed by atoms with Crippen LogP contribution in [0.5, 0.6) is 0 Å². The predicted octanol–water partition coefficient (Wildman–Crippen LogP) is -0.320. The standard InChI is InChI=1S/C8H6N6O2S/c15-17(16,8-10-5-11-13-8)6-4-12-14-3-1-2-9-7(6)14/h1-5H,(H,10,11,13). The van der Waals surface area contributed by atoms with Crippen molar-refractivity contribution in [1.29, 1.82) is 0 Å². The largest absolute Gasteiger partial charge is 0.250 e. The molecule has 0 aromatic carbocycles. The fourth-order valence-electron chi connectivity index (χ4n) is 1.42. The summed E-state index contributed by atoms with van der Waals surface area (Å²) >= 11 is 0. The molecular formula is C8H6N6O2S. The minimum absolute atomic E-state index is 0.00477. The third-order valence-corrected chi connectivity index (χ3v) is 3.76. The lowest BCUT2D eigenvalue weighted by Crippen LogP contribution is -2.04. The molecule has 0 unspecified atom stereocenters. The van der Waals surface area contributed by atoms with E-state index in [0.717, 1.165) is 6.33 Å². The van der Waals surface area contributed by atoms with Crippen LogP contribution in [0.1, 0.15) is 0 Å². The van der Waals surface area contributed by atoms with Gasteiger partial charge in [-0.25, -0.2) is 28.0 Å². The Morgan fingerprint density at radius 1 is 1.29 bits per heavy atom. The maximum absolute atomic E-state index is 12.1. The summed E-state index contributed by atoms with van der Waals surface area (Å²) in [5.41, 5.74) is 0.254. The molecule has 3 rings (SSSR count). The molecule has 3 heterocycles. The van der Waals surface area contributed by atoms with Gasteiger partial charge in [-0.1, -0.05) is 0 Å². The van der Waals surface area contributed by atoms with E-state index >= 15 is 0 Å². The van der Waals surface area contributed by atoms with Crippen molar-refractivity contribution >= 4 is 15.5 Å². The Morgan fingerprint density at radius 3 is 2.94 bits per heavy atom. The van der Waals surface area contributed by atoms with Crippen molar-refractivity contribution in [1.82, 2.24) is 29.8 Å². The van der Waals surface area contributed by atoms with Gasteiger partial charge in [0.2, 0.25) is 15.0 Å². The van der Waals surface area contributed by atoms with Crippen LogP contribution in [-0.2, 0) is 9.84 Å². The van der Waals surface area contributed by atoms with Gasteiger partial charge >= 0.3 is 0 Å². The van der Waals surface area contributed by atoms with E-state index in [2.05, 4.69) is 25.3 Å². The quantitative estimate of drug-likeness (QED) is 0.668. The third kappa shape index (κ3) is 1.40. The second-order valence-corrected chi connectivity index (χ2v) is 5.02. The maximum Gasteiger partial charge on any atom is 0.248 e. The van der Waals surface area contributed by atoms with E-state index < -0.39 is 9.84 Å². The van der Waals surface area contributed by atoms with Gasteiger partial charge in [0.05, 0.1) is 6.20 Å². The van der Waals surface area contributed by atoms with Gasteiger partial charge in [-0.2, -0.15) is 10.2 Å². The topological polar surface area (TPSA) is 106 Å². The summed E-state index contributed by atoms with van der Waals surface area (Å²) in [7, 11) is -3.75. The molecule has 0 saturated heterocycles. The first-order chi connectivity index (χ1) is 8.19. The molecule has 0 fully saturated rings. The molecule has 0 bridgehead atoms. The Kier molecular flexibility index (Phi) is 1.95. The van der Waals surface area contributed by atoms with Crippen molar-refractivity contribution in [3.63, 3.8) is 0 Å². The Bertz CT molecular complexity index is 760. The smallest absolute Gasteiger partial charge is 0.248 e. The number of aromatic amines is 1. The van der Waals surface area contributed by atoms with Crippen molar-refractivity contribution in [2.45, 2.75) is 10.1 Å². The molecule has 0 atom stereocenters. The van der Waals surface area contributed by atoms with Gasteiger partial charge in [-0.15, -0.1) is 0 Å². The molecule has 8 nitrogen and oxygen atoms in total. The monoisotopic (exact) mass is 250 g/mol. The minimum Gasteiger partial charge on any atom is -0.250 e. The minimum atomic E-state index is -3.75. The van der Waals surface area contributed by atoms with Crippen molar-refractivity contribution in [3.8, 4) is 0 Å². The van der Waals surface area contributed by atoms with Crippen LogP contribution in [0.15, 0.2) is 41.0 Å². The van der Waals surface area contributed by atoms with Crippen molar-refractivity contribution < 1.29 is 8.42 Å². The first-order valence-electron chi connectivity index (χ1n) is 4.58. The summed E-state index contributed by atoms with van der Waals surface area (Å²) in [5, 5.41) is 9.52. The van der Waals surface area contributed by atoms with Crippen LogP contribution in [0.3, 0.4) is 0 Å². The van der Waals surface area contributed by atoms with E-state index in [0.29, 0.717) is 0 Å². The van der Waals surface area contributed by atoms with Crippen LogP contribution < -0.4 is 0 Å². The summed E-state index contributed by atoms with van der Waals surface area (Å²) in [6, 6.07) is 1.66. The highest BCUT2D eigenvalue weighted by Crippen LogP contribution is 2.19. The molecule has 0 radical (unpaired) electrons. The van der Waals surface area contributed by atoms with E-state index in [1.165, 1.54) is 16.9 Å². The number of hydrogen-bond acceptors (Lipinski definition) is 6. The molecule has 0 amide bonds. The average Bonchev–Trinajstić information content (AvgIpc) is 2.99. The maximum atomic E-state index is 12.1. The summed E-state index contributed by atoms with van der Waals surface area (Å²) < 4.78 is 25.7. The molecule has 0 saturated carbocycles. The molecule has 3 aromatic rings. The molecule has 0 aliphatic heterocycles. The SMILES string of the molecule is O=S(=O)(c1ncn[nH]1)c1cnn2cccnc12. The molecule has 0 spiro atoms. The highest BCUT2D eigenvalue weighted by Gasteiger charge is 2.25. The summed E-state index contributed by atoms with van der Waals surface area (Å²) in [5.74, 6) is 0. The normalized spacial score (nSPS) is 12.0. The highest BCUT2D eigenvalue weighted by molar-refractivity contribution is 7.91. The lowest BCUT2D eigenvalue weighted by atomic mass is 10.6. The van der Waals surface area contributed by atoms with Crippen LogP contribution in [-0.4, -0.2) is 38.2 Å². The number of hydrogen-bond donors (Lipinski definition) is 1. The van der Waals surface area contributed by atoms with Gasteiger partial charge in [0.25, 0.3) is 0 Å². The van der Waals surface area contributed by atoms with Gasteiger partial charge in [-0.05, 0) is 6.07 Å². The number of nitrogens with zero attached hydrogens (tertiary/aromatic N) is 5. The summed E-state index contributed by atoms with van der Waals surface area (Å²) in [6.45, 7) is 0. The molecule has 9 heteroatoms. The Labute approximate surface area is 95.3 Å². The number of nitrogens with one attached hydrogen (secondary N) is 1. The van der Waals surface area contributed by atoms with Crippen LogP contribution >= 0.6 is 0 Å². The lowest BCUT2D eigenvalue weighted by Gasteiger charge is -1.96. The van der Waals surface area contributed by atoms with Crippen LogP contribution in [0, 0.1) is 0 Å². The second-order valence-electron chi connectivity index (χ2n) is 3.19. The van der Waals surface area contributed by atoms with Crippen LogP contribution in [0.25, 0.3) is 5.65 Å². The molecule has 3 aromatic heterocycles. The predicted molar refractivity (Wildman–Crippen MR) is 54.8 cm³/mol. The first kappa shape index (κ1) is 9.90. The molecule has 0 aliphatic carbocycles. The van der Waals surface area contributed by atoms with Crippen LogP contribution in [0.4, 0.5) is 0 Å². The van der Waals surface area contributed by atoms with Gasteiger partial charge < -0.3 is 0 Å². The fraction of sp³-hybridized carbons (Fsp3) is 0. The van der Waals surface area contributed by atoms with Gasteiger partial charge in [0.1, 0.15) is 11.2 Å². The van der Waals surface area contributed by atoms with E-state index in [1.807, 2.05) is 0 Å². The lowest BCUT2D eigenvalue weighted by molar-refractivity contribution is 0.588. The number of rotatable bonds is 2. The van der Waals surface area contributed by atoms with Gasteiger partial charge in [-0.3, -0.25) is 0 Å². The van der Waals surface area contributed by atoms with Gasteiger partial charge in [0.15, 0.2) is 5.65 Å². The highest BCUT2D eigenvalue weighted by atomic mass is 32.2. The number of fused-ring (bicyclic) bond motifs is 1. The molecular weight excluding hydrogens is 244 g/mol. The number of aromatic nitrogens is 6. The molecule has 0 aliphatic rings. The van der Waals surface area contributed by atoms with E-state index in [9.17, 15) is 8.42 Å². The van der Waals surface area contributed by atoms with Crippen molar-refractivity contribution in [2.24, 2.45) is 0 Å². The zero-order chi connectivity index (χ0) is 11.9. The van der Waals surface area contributed by atoms with E-state index in [4.69, 9.17) is 0 Å². The Morgan fingerprint density at radius 2 is 2.18 bits per heavy atom. The van der Waals surface area contributed by atoms with Crippen LogP contribution in [0.2, 0.25) is 0 Å². The number of H-pyrrole nitrogens is 1. The Balaban J connectivity index is 2.30. The fourth-order valence-corrected chi connectivity index (χ4v) is 2.56. The second kappa shape index (κ2) is 3.35. The van der Waals surface area contributed by atoms with E-state index in [-0.39, 0.29) is 15.7 Å². The molecule has 86 valence electrons. The van der Waals surface area contributed by atoms with Crippen molar-refractivity contribution in [2.75, 3.05) is 0 Å². The average molecular weight is 250 g/mol. The summed E-state index contributed by atoms with van der Waals surface area (Å²) in [6.07, 6.45) is 5.48.